The standard InChI is InChI=1S/C16H25IO3/c1-4-5-14(3,17)12(18)20-16-7-11-6-15(11,10-16)8-13(2,19)9-16/h11,19H,4-10H2,1-3H3/t11?,13?,14?,15?,16-/m1/s1. The molecule has 1 N–H and O–H groups in total. The molecule has 3 fully saturated rings. The van der Waals surface area contributed by atoms with Crippen LogP contribution in [0.15, 0.2) is 0 Å². The molecule has 0 heterocycles. The van der Waals surface area contributed by atoms with Crippen LogP contribution in [0.2, 0.25) is 0 Å². The van der Waals surface area contributed by atoms with Crippen LogP contribution in [-0.4, -0.2) is 25.7 Å². The molecule has 4 unspecified atom stereocenters. The van der Waals surface area contributed by atoms with Crippen LogP contribution in [0.4, 0.5) is 0 Å². The largest absolute Gasteiger partial charge is 0.458 e. The minimum absolute atomic E-state index is 0.0888. The number of hydrogen-bond acceptors (Lipinski definition) is 3. The van der Waals surface area contributed by atoms with Crippen molar-refractivity contribution in [3.8, 4) is 0 Å². The number of carbonyl (C=O) groups excluding carboxylic acids is 1. The van der Waals surface area contributed by atoms with Crippen LogP contribution < -0.4 is 0 Å². The van der Waals surface area contributed by atoms with Gasteiger partial charge >= 0.3 is 5.97 Å². The molecule has 1 spiro atoms. The zero-order chi connectivity index (χ0) is 14.8. The fourth-order valence-corrected chi connectivity index (χ4v) is 5.67. The molecule has 0 aromatic heterocycles. The normalized spacial score (nSPS) is 48.4. The molecule has 20 heavy (non-hydrogen) atoms. The first kappa shape index (κ1) is 15.1. The van der Waals surface area contributed by atoms with Gasteiger partial charge in [0.15, 0.2) is 0 Å². The molecule has 0 aromatic rings. The SMILES string of the molecule is CCCC(C)(I)C(=O)O[C@]12CC3CC3(CC(C)(O)C1)C2. The van der Waals surface area contributed by atoms with Crippen molar-refractivity contribution in [1.29, 1.82) is 0 Å². The number of aliphatic hydroxyl groups is 1. The third-order valence-corrected chi connectivity index (χ3v) is 6.52. The number of esters is 1. The van der Waals surface area contributed by atoms with E-state index in [1.54, 1.807) is 0 Å². The smallest absolute Gasteiger partial charge is 0.322 e. The van der Waals surface area contributed by atoms with Gasteiger partial charge in [-0.2, -0.15) is 0 Å². The summed E-state index contributed by atoms with van der Waals surface area (Å²) in [4.78, 5) is 12.5. The van der Waals surface area contributed by atoms with Gasteiger partial charge in [0.1, 0.15) is 9.02 Å². The fourth-order valence-electron chi connectivity index (χ4n) is 5.02. The molecule has 5 atom stereocenters. The summed E-state index contributed by atoms with van der Waals surface area (Å²) < 4.78 is 5.57. The molecule has 3 aliphatic carbocycles. The van der Waals surface area contributed by atoms with E-state index in [1.807, 2.05) is 13.8 Å². The number of hydrogen-bond donors (Lipinski definition) is 1. The lowest BCUT2D eigenvalue weighted by Crippen LogP contribution is -2.49. The molecule has 0 radical (unpaired) electrons. The summed E-state index contributed by atoms with van der Waals surface area (Å²) >= 11 is 2.22. The Labute approximate surface area is 135 Å². The second-order valence-electron chi connectivity index (χ2n) is 8.01. The predicted octanol–water partition coefficient (Wildman–Crippen LogP) is 3.61. The van der Waals surface area contributed by atoms with Gasteiger partial charge in [-0.3, -0.25) is 4.79 Å². The van der Waals surface area contributed by atoms with E-state index < -0.39 is 9.02 Å². The Morgan fingerprint density at radius 2 is 2.10 bits per heavy atom. The lowest BCUT2D eigenvalue weighted by atomic mass is 9.72. The molecule has 0 amide bonds. The maximum atomic E-state index is 12.5. The second-order valence-corrected chi connectivity index (χ2v) is 10.4. The van der Waals surface area contributed by atoms with E-state index in [0.717, 1.165) is 32.1 Å². The molecule has 0 saturated heterocycles. The lowest BCUT2D eigenvalue weighted by molar-refractivity contribution is -0.176. The number of carbonyl (C=O) groups is 1. The molecule has 3 rings (SSSR count). The Balaban J connectivity index is 1.76. The zero-order valence-electron chi connectivity index (χ0n) is 12.7. The molecule has 0 aliphatic heterocycles. The first-order valence-corrected chi connectivity index (χ1v) is 8.85. The van der Waals surface area contributed by atoms with Crippen LogP contribution in [0.1, 0.15) is 65.7 Å². The Morgan fingerprint density at radius 1 is 1.40 bits per heavy atom. The van der Waals surface area contributed by atoms with Gasteiger partial charge in [0.25, 0.3) is 0 Å². The van der Waals surface area contributed by atoms with Crippen LogP contribution in [0, 0.1) is 11.3 Å². The molecule has 0 aromatic carbocycles. The number of alkyl halides is 1. The van der Waals surface area contributed by atoms with E-state index in [9.17, 15) is 9.90 Å². The van der Waals surface area contributed by atoms with Gasteiger partial charge < -0.3 is 9.84 Å². The van der Waals surface area contributed by atoms with E-state index in [-0.39, 0.29) is 17.0 Å². The van der Waals surface area contributed by atoms with Crippen LogP contribution in [0.3, 0.4) is 0 Å². The average Bonchev–Trinajstić information content (AvgIpc) is 2.77. The van der Waals surface area contributed by atoms with Crippen molar-refractivity contribution >= 4 is 28.6 Å². The van der Waals surface area contributed by atoms with Crippen molar-refractivity contribution in [2.45, 2.75) is 80.3 Å². The minimum atomic E-state index is -0.670. The minimum Gasteiger partial charge on any atom is -0.458 e. The summed E-state index contributed by atoms with van der Waals surface area (Å²) in [5.41, 5.74) is -0.771. The van der Waals surface area contributed by atoms with Crippen LogP contribution >= 0.6 is 22.6 Å². The highest BCUT2D eigenvalue weighted by atomic mass is 127. The lowest BCUT2D eigenvalue weighted by Gasteiger charge is -2.44. The maximum absolute atomic E-state index is 12.5. The third kappa shape index (κ3) is 2.40. The summed E-state index contributed by atoms with van der Waals surface area (Å²) in [6.45, 7) is 5.96. The van der Waals surface area contributed by atoms with Crippen molar-refractivity contribution < 1.29 is 14.6 Å². The summed E-state index contributed by atoms with van der Waals surface area (Å²) in [7, 11) is 0. The van der Waals surface area contributed by atoms with Gasteiger partial charge in [0, 0.05) is 6.42 Å². The summed E-state index contributed by atoms with van der Waals surface area (Å²) in [5, 5.41) is 10.5. The second kappa shape index (κ2) is 4.34. The zero-order valence-corrected chi connectivity index (χ0v) is 14.8. The van der Waals surface area contributed by atoms with E-state index >= 15 is 0 Å². The Morgan fingerprint density at radius 3 is 2.75 bits per heavy atom. The summed E-state index contributed by atoms with van der Waals surface area (Å²) in [6.07, 6.45) is 6.49. The van der Waals surface area contributed by atoms with Crippen LogP contribution in [0.25, 0.3) is 0 Å². The fraction of sp³-hybridized carbons (Fsp3) is 0.938. The highest BCUT2D eigenvalue weighted by Gasteiger charge is 2.72. The van der Waals surface area contributed by atoms with Gasteiger partial charge in [0.2, 0.25) is 0 Å². The molecular formula is C16H25IO3. The van der Waals surface area contributed by atoms with Gasteiger partial charge in [0.05, 0.1) is 5.60 Å². The van der Waals surface area contributed by atoms with Crippen LogP contribution in [-0.2, 0) is 9.53 Å². The molecule has 3 aliphatic rings. The van der Waals surface area contributed by atoms with Crippen molar-refractivity contribution in [1.82, 2.24) is 0 Å². The van der Waals surface area contributed by atoms with Crippen molar-refractivity contribution in [2.24, 2.45) is 11.3 Å². The van der Waals surface area contributed by atoms with E-state index in [0.29, 0.717) is 12.3 Å². The average molecular weight is 392 g/mol. The first-order valence-electron chi connectivity index (χ1n) is 7.77. The molecular weight excluding hydrogens is 367 g/mol. The Hall–Kier alpha value is 0.160. The van der Waals surface area contributed by atoms with Crippen LogP contribution in [0.5, 0.6) is 0 Å². The van der Waals surface area contributed by atoms with E-state index in [1.165, 1.54) is 6.42 Å². The number of fused-ring (bicyclic) bond motifs is 1. The summed E-state index contributed by atoms with van der Waals surface area (Å²) in [5.74, 6) is 0.588. The van der Waals surface area contributed by atoms with E-state index in [4.69, 9.17) is 4.74 Å². The van der Waals surface area contributed by atoms with Gasteiger partial charge in [-0.25, -0.2) is 0 Å². The molecule has 3 nitrogen and oxygen atoms in total. The van der Waals surface area contributed by atoms with Gasteiger partial charge in [-0.15, -0.1) is 0 Å². The van der Waals surface area contributed by atoms with Gasteiger partial charge in [-0.1, -0.05) is 35.9 Å². The molecule has 2 bridgehead atoms. The maximum Gasteiger partial charge on any atom is 0.322 e. The Kier molecular flexibility index (Phi) is 3.27. The monoisotopic (exact) mass is 392 g/mol. The quantitative estimate of drug-likeness (QED) is 0.452. The third-order valence-electron chi connectivity index (χ3n) is 5.54. The summed E-state index contributed by atoms with van der Waals surface area (Å²) in [6, 6.07) is 0. The molecule has 4 heteroatoms. The van der Waals surface area contributed by atoms with Crippen molar-refractivity contribution in [2.75, 3.05) is 0 Å². The van der Waals surface area contributed by atoms with E-state index in [2.05, 4.69) is 29.5 Å². The number of ether oxygens (including phenoxy) is 1. The molecule has 3 saturated carbocycles. The highest BCUT2D eigenvalue weighted by Crippen LogP contribution is 2.74. The predicted molar refractivity (Wildman–Crippen MR) is 85.8 cm³/mol. The highest BCUT2D eigenvalue weighted by molar-refractivity contribution is 14.1. The molecule has 114 valence electrons. The Bertz CT molecular complexity index is 445. The first-order chi connectivity index (χ1) is 9.12. The topological polar surface area (TPSA) is 46.5 Å². The van der Waals surface area contributed by atoms with Crippen molar-refractivity contribution in [3.63, 3.8) is 0 Å². The van der Waals surface area contributed by atoms with Gasteiger partial charge in [-0.05, 0) is 57.3 Å². The van der Waals surface area contributed by atoms with Crippen molar-refractivity contribution in [3.05, 3.63) is 0 Å². The number of halogens is 1. The number of rotatable bonds is 4.